The Labute approximate surface area is 121 Å². The minimum atomic E-state index is -0.915. The van der Waals surface area contributed by atoms with Crippen LogP contribution in [0.4, 0.5) is 4.39 Å². The monoisotopic (exact) mass is 296 g/mol. The molecule has 6 nitrogen and oxygen atoms in total. The van der Waals surface area contributed by atoms with Crippen molar-refractivity contribution in [3.63, 3.8) is 0 Å². The van der Waals surface area contributed by atoms with Gasteiger partial charge in [-0.15, -0.1) is 0 Å². The first-order valence-corrected chi connectivity index (χ1v) is 6.70. The highest BCUT2D eigenvalue weighted by Gasteiger charge is 2.25. The zero-order valence-corrected chi connectivity index (χ0v) is 11.5. The predicted molar refractivity (Wildman–Crippen MR) is 72.7 cm³/mol. The number of hydrogen-bond acceptors (Lipinski definition) is 4. The number of phenolic OH excluding ortho intramolecular Hbond substituents is 1. The Kier molecular flexibility index (Phi) is 4.74. The van der Waals surface area contributed by atoms with Crippen LogP contribution in [0.2, 0.25) is 0 Å². The molecule has 0 radical (unpaired) electrons. The van der Waals surface area contributed by atoms with Gasteiger partial charge in [-0.1, -0.05) is 6.07 Å². The van der Waals surface area contributed by atoms with E-state index >= 15 is 0 Å². The third kappa shape index (κ3) is 3.69. The lowest BCUT2D eigenvalue weighted by Crippen LogP contribution is -2.37. The summed E-state index contributed by atoms with van der Waals surface area (Å²) in [6.07, 6.45) is 0.605. The molecule has 0 spiro atoms. The number of carboxylic acids is 1. The van der Waals surface area contributed by atoms with Crippen LogP contribution in [0.5, 0.6) is 5.75 Å². The number of hydrogen-bond donors (Lipinski definition) is 2. The molecular formula is C14H17FN2O4. The highest BCUT2D eigenvalue weighted by atomic mass is 19.1. The summed E-state index contributed by atoms with van der Waals surface area (Å²) in [7, 11) is 0. The van der Waals surface area contributed by atoms with Crippen molar-refractivity contribution in [2.75, 3.05) is 32.7 Å². The van der Waals surface area contributed by atoms with Crippen LogP contribution >= 0.6 is 0 Å². The van der Waals surface area contributed by atoms with Gasteiger partial charge >= 0.3 is 5.97 Å². The summed E-state index contributed by atoms with van der Waals surface area (Å²) >= 11 is 0. The smallest absolute Gasteiger partial charge is 0.317 e. The van der Waals surface area contributed by atoms with E-state index in [1.165, 1.54) is 17.0 Å². The van der Waals surface area contributed by atoms with Gasteiger partial charge in [-0.25, -0.2) is 4.39 Å². The normalized spacial score (nSPS) is 16.5. The summed E-state index contributed by atoms with van der Waals surface area (Å²) in [5.74, 6) is -2.62. The van der Waals surface area contributed by atoms with Gasteiger partial charge in [0.25, 0.3) is 5.91 Å². The van der Waals surface area contributed by atoms with Crippen LogP contribution in [0, 0.1) is 5.82 Å². The molecule has 0 unspecified atom stereocenters. The van der Waals surface area contributed by atoms with E-state index < -0.39 is 17.7 Å². The van der Waals surface area contributed by atoms with Gasteiger partial charge in [-0.2, -0.15) is 0 Å². The summed E-state index contributed by atoms with van der Waals surface area (Å²) < 4.78 is 13.7. The van der Waals surface area contributed by atoms with Crippen LogP contribution < -0.4 is 0 Å². The number of aliphatic carboxylic acids is 1. The molecule has 2 rings (SSSR count). The van der Waals surface area contributed by atoms with Gasteiger partial charge < -0.3 is 15.1 Å². The molecule has 1 aliphatic heterocycles. The molecule has 0 bridgehead atoms. The number of carbonyl (C=O) groups is 2. The molecular weight excluding hydrogens is 279 g/mol. The van der Waals surface area contributed by atoms with Gasteiger partial charge in [0.2, 0.25) is 0 Å². The molecule has 0 aliphatic carbocycles. The van der Waals surface area contributed by atoms with Crippen LogP contribution in [0.1, 0.15) is 16.8 Å². The number of amides is 1. The first-order valence-electron chi connectivity index (χ1n) is 6.70. The van der Waals surface area contributed by atoms with Gasteiger partial charge in [-0.3, -0.25) is 14.5 Å². The van der Waals surface area contributed by atoms with Gasteiger partial charge in [0.15, 0.2) is 0 Å². The lowest BCUT2D eigenvalue weighted by Gasteiger charge is -2.21. The zero-order valence-electron chi connectivity index (χ0n) is 11.5. The van der Waals surface area contributed by atoms with E-state index in [0.717, 1.165) is 6.07 Å². The third-order valence-electron chi connectivity index (χ3n) is 3.44. The third-order valence-corrected chi connectivity index (χ3v) is 3.44. The number of halogens is 1. The summed E-state index contributed by atoms with van der Waals surface area (Å²) in [4.78, 5) is 26.2. The van der Waals surface area contributed by atoms with Crippen LogP contribution in [0.15, 0.2) is 18.2 Å². The molecule has 0 atom stereocenters. The number of rotatable bonds is 3. The fourth-order valence-electron chi connectivity index (χ4n) is 2.41. The van der Waals surface area contributed by atoms with Crippen LogP contribution in [-0.2, 0) is 4.79 Å². The van der Waals surface area contributed by atoms with E-state index in [-0.39, 0.29) is 17.9 Å². The Bertz CT molecular complexity index is 530. The maximum atomic E-state index is 13.7. The van der Waals surface area contributed by atoms with Crippen molar-refractivity contribution in [3.05, 3.63) is 29.6 Å². The van der Waals surface area contributed by atoms with Crippen LogP contribution in [-0.4, -0.2) is 64.6 Å². The number of aromatic hydroxyl groups is 1. The van der Waals surface area contributed by atoms with Gasteiger partial charge in [0, 0.05) is 26.2 Å². The maximum Gasteiger partial charge on any atom is 0.317 e. The van der Waals surface area contributed by atoms with E-state index in [1.54, 1.807) is 4.90 Å². The van der Waals surface area contributed by atoms with E-state index in [2.05, 4.69) is 0 Å². The molecule has 1 aliphatic rings. The average Bonchev–Trinajstić information content (AvgIpc) is 2.63. The number of benzene rings is 1. The Balaban J connectivity index is 2.08. The van der Waals surface area contributed by atoms with Crippen molar-refractivity contribution >= 4 is 11.9 Å². The van der Waals surface area contributed by atoms with Gasteiger partial charge in [-0.05, 0) is 18.6 Å². The Morgan fingerprint density at radius 3 is 2.62 bits per heavy atom. The molecule has 114 valence electrons. The summed E-state index contributed by atoms with van der Waals surface area (Å²) in [6.45, 7) is 1.61. The minimum Gasteiger partial charge on any atom is -0.507 e. The number of nitrogens with zero attached hydrogens (tertiary/aromatic N) is 2. The largest absolute Gasteiger partial charge is 0.507 e. The molecule has 1 aromatic rings. The van der Waals surface area contributed by atoms with Crippen molar-refractivity contribution in [3.8, 4) is 5.75 Å². The Hall–Kier alpha value is -2.15. The molecule has 7 heteroatoms. The van der Waals surface area contributed by atoms with E-state index in [1.807, 2.05) is 0 Å². The second-order valence-electron chi connectivity index (χ2n) is 4.95. The molecule has 0 aromatic heterocycles. The van der Waals surface area contributed by atoms with Crippen molar-refractivity contribution in [1.82, 2.24) is 9.80 Å². The maximum absolute atomic E-state index is 13.7. The fraction of sp³-hybridized carbons (Fsp3) is 0.429. The molecule has 1 heterocycles. The minimum absolute atomic E-state index is 0.0764. The summed E-state index contributed by atoms with van der Waals surface area (Å²) in [5, 5.41) is 18.4. The van der Waals surface area contributed by atoms with Gasteiger partial charge in [0.05, 0.1) is 6.54 Å². The first-order chi connectivity index (χ1) is 9.99. The second-order valence-corrected chi connectivity index (χ2v) is 4.95. The second kappa shape index (κ2) is 6.53. The standard InChI is InChI=1S/C14H17FN2O4/c15-10-3-1-4-11(18)13(10)14(21)17-6-2-5-16(7-8-17)9-12(19)20/h1,3-4,18H,2,5-9H2,(H,19,20). The van der Waals surface area contributed by atoms with E-state index in [0.29, 0.717) is 32.6 Å². The number of phenols is 1. The molecule has 0 saturated carbocycles. The SMILES string of the molecule is O=C(O)CN1CCCN(C(=O)c2c(O)cccc2F)CC1. The summed E-state index contributed by atoms with van der Waals surface area (Å²) in [6, 6.07) is 3.73. The molecule has 1 amide bonds. The Morgan fingerprint density at radius 1 is 1.19 bits per heavy atom. The quantitative estimate of drug-likeness (QED) is 0.861. The van der Waals surface area contributed by atoms with E-state index in [4.69, 9.17) is 5.11 Å². The topological polar surface area (TPSA) is 81.1 Å². The average molecular weight is 296 g/mol. The molecule has 1 saturated heterocycles. The highest BCUT2D eigenvalue weighted by molar-refractivity contribution is 5.97. The molecule has 21 heavy (non-hydrogen) atoms. The fourth-order valence-corrected chi connectivity index (χ4v) is 2.41. The highest BCUT2D eigenvalue weighted by Crippen LogP contribution is 2.22. The summed E-state index contributed by atoms with van der Waals surface area (Å²) in [5.41, 5.74) is -0.329. The molecule has 2 N–H and O–H groups in total. The lowest BCUT2D eigenvalue weighted by atomic mass is 10.1. The number of carboxylic acid groups (broad SMARTS) is 1. The van der Waals surface area contributed by atoms with Crippen LogP contribution in [0.3, 0.4) is 0 Å². The van der Waals surface area contributed by atoms with Crippen molar-refractivity contribution in [1.29, 1.82) is 0 Å². The van der Waals surface area contributed by atoms with E-state index in [9.17, 15) is 19.1 Å². The molecule has 1 fully saturated rings. The van der Waals surface area contributed by atoms with Crippen molar-refractivity contribution < 1.29 is 24.2 Å². The first kappa shape index (κ1) is 15.2. The van der Waals surface area contributed by atoms with Gasteiger partial charge in [0.1, 0.15) is 17.1 Å². The van der Waals surface area contributed by atoms with Crippen molar-refractivity contribution in [2.45, 2.75) is 6.42 Å². The number of carbonyl (C=O) groups excluding carboxylic acids is 1. The molecule has 1 aromatic carbocycles. The zero-order chi connectivity index (χ0) is 15.4. The Morgan fingerprint density at radius 2 is 1.95 bits per heavy atom. The lowest BCUT2D eigenvalue weighted by molar-refractivity contribution is -0.138. The predicted octanol–water partition coefficient (Wildman–Crippen LogP) is 0.764. The van der Waals surface area contributed by atoms with Crippen molar-refractivity contribution in [2.24, 2.45) is 0 Å². The van der Waals surface area contributed by atoms with Crippen LogP contribution in [0.25, 0.3) is 0 Å².